The molecule has 0 aliphatic heterocycles. The van der Waals surface area contributed by atoms with Gasteiger partial charge < -0.3 is 0 Å². The molecule has 0 aliphatic carbocycles. The maximum Gasteiger partial charge on any atom is 0.272 e. The van der Waals surface area contributed by atoms with E-state index < -0.39 is 0 Å². The molecule has 1 heterocycles. The minimum atomic E-state index is -0.199. The van der Waals surface area contributed by atoms with E-state index in [0.29, 0.717) is 15.4 Å². The number of benzene rings is 3. The molecule has 0 radical (unpaired) electrons. The zero-order valence-electron chi connectivity index (χ0n) is 13.6. The first-order valence-electron chi connectivity index (χ1n) is 8.12. The van der Waals surface area contributed by atoms with Crippen LogP contribution in [0.15, 0.2) is 77.6 Å². The lowest BCUT2D eigenvalue weighted by Gasteiger charge is -2.19. The van der Waals surface area contributed by atoms with Crippen LogP contribution >= 0.6 is 23.2 Å². The maximum absolute atomic E-state index is 12.2. The second-order valence-corrected chi connectivity index (χ2v) is 6.89. The maximum atomic E-state index is 12.2. The molecule has 0 amide bonds. The number of nitrogens with zero attached hydrogens (tertiary/aromatic N) is 1. The monoisotopic (exact) mass is 380 g/mol. The van der Waals surface area contributed by atoms with Crippen molar-refractivity contribution in [2.24, 2.45) is 0 Å². The normalized spacial score (nSPS) is 11.2. The summed E-state index contributed by atoms with van der Waals surface area (Å²) in [6.45, 7) is 0. The van der Waals surface area contributed by atoms with Gasteiger partial charge in [0.1, 0.15) is 0 Å². The molecule has 0 atom stereocenters. The number of aromatic nitrogens is 2. The van der Waals surface area contributed by atoms with Crippen LogP contribution in [-0.2, 0) is 0 Å². The Morgan fingerprint density at radius 2 is 1.23 bits per heavy atom. The van der Waals surface area contributed by atoms with Gasteiger partial charge >= 0.3 is 0 Å². The van der Waals surface area contributed by atoms with Crippen molar-refractivity contribution in [1.82, 2.24) is 10.2 Å². The Balaban J connectivity index is 2.00. The predicted octanol–water partition coefficient (Wildman–Crippen LogP) is 5.41. The summed E-state index contributed by atoms with van der Waals surface area (Å²) >= 11 is 12.1. The standard InChI is InChI=1S/C21H14Cl2N2O/c22-15-9-5-13(6-10-15)19(14-7-11-16(23)12-8-14)20-17-3-1-2-4-18(17)21(26)25-24-20/h1-12,19H,(H,25,26). The van der Waals surface area contributed by atoms with Crippen molar-refractivity contribution in [2.75, 3.05) is 0 Å². The van der Waals surface area contributed by atoms with E-state index in [4.69, 9.17) is 23.2 Å². The Bertz CT molecular complexity index is 1070. The van der Waals surface area contributed by atoms with Crippen LogP contribution in [-0.4, -0.2) is 10.2 Å². The molecule has 4 aromatic rings. The van der Waals surface area contributed by atoms with Gasteiger partial charge in [-0.15, -0.1) is 0 Å². The first kappa shape index (κ1) is 16.8. The zero-order valence-corrected chi connectivity index (χ0v) is 15.1. The molecule has 0 aliphatic rings. The van der Waals surface area contributed by atoms with Crippen molar-refractivity contribution in [3.63, 3.8) is 0 Å². The highest BCUT2D eigenvalue weighted by atomic mass is 35.5. The van der Waals surface area contributed by atoms with Crippen LogP contribution in [0.2, 0.25) is 10.0 Å². The Kier molecular flexibility index (Phi) is 4.49. The average molecular weight is 381 g/mol. The van der Waals surface area contributed by atoms with Gasteiger partial charge in [0, 0.05) is 15.4 Å². The fourth-order valence-corrected chi connectivity index (χ4v) is 3.43. The molecule has 0 bridgehead atoms. The van der Waals surface area contributed by atoms with Crippen LogP contribution in [0.5, 0.6) is 0 Å². The predicted molar refractivity (Wildman–Crippen MR) is 106 cm³/mol. The van der Waals surface area contributed by atoms with Gasteiger partial charge in [0.15, 0.2) is 0 Å². The van der Waals surface area contributed by atoms with E-state index in [1.165, 1.54) is 0 Å². The third kappa shape index (κ3) is 3.12. The molecule has 0 saturated heterocycles. The minimum absolute atomic E-state index is 0.161. The number of halogens is 2. The van der Waals surface area contributed by atoms with E-state index in [2.05, 4.69) is 10.2 Å². The summed E-state index contributed by atoms with van der Waals surface area (Å²) < 4.78 is 0. The molecule has 26 heavy (non-hydrogen) atoms. The van der Waals surface area contributed by atoms with Gasteiger partial charge in [-0.25, -0.2) is 5.10 Å². The Hall–Kier alpha value is -2.62. The summed E-state index contributed by atoms with van der Waals surface area (Å²) in [5, 5.41) is 9.81. The van der Waals surface area contributed by atoms with Gasteiger partial charge in [-0.05, 0) is 41.5 Å². The van der Waals surface area contributed by atoms with E-state index in [-0.39, 0.29) is 11.5 Å². The Morgan fingerprint density at radius 3 is 1.77 bits per heavy atom. The van der Waals surface area contributed by atoms with Crippen molar-refractivity contribution < 1.29 is 0 Å². The van der Waals surface area contributed by atoms with Crippen LogP contribution in [0.25, 0.3) is 10.8 Å². The molecule has 128 valence electrons. The highest BCUT2D eigenvalue weighted by Crippen LogP contribution is 2.34. The number of rotatable bonds is 3. The summed E-state index contributed by atoms with van der Waals surface area (Å²) in [4.78, 5) is 12.2. The first-order chi connectivity index (χ1) is 12.6. The van der Waals surface area contributed by atoms with Crippen LogP contribution < -0.4 is 5.56 Å². The highest BCUT2D eigenvalue weighted by molar-refractivity contribution is 6.30. The molecule has 3 aromatic carbocycles. The van der Waals surface area contributed by atoms with E-state index >= 15 is 0 Å². The van der Waals surface area contributed by atoms with Crippen molar-refractivity contribution in [1.29, 1.82) is 0 Å². The lowest BCUT2D eigenvalue weighted by molar-refractivity contribution is 0.861. The average Bonchev–Trinajstić information content (AvgIpc) is 2.67. The van der Waals surface area contributed by atoms with E-state index in [0.717, 1.165) is 22.2 Å². The smallest absolute Gasteiger partial charge is 0.267 e. The molecule has 0 spiro atoms. The van der Waals surface area contributed by atoms with Gasteiger partial charge in [-0.3, -0.25) is 4.79 Å². The van der Waals surface area contributed by atoms with Crippen molar-refractivity contribution in [2.45, 2.75) is 5.92 Å². The third-order valence-electron chi connectivity index (χ3n) is 4.41. The topological polar surface area (TPSA) is 45.8 Å². The summed E-state index contributed by atoms with van der Waals surface area (Å²) in [7, 11) is 0. The molecule has 0 unspecified atom stereocenters. The molecule has 0 fully saturated rings. The van der Waals surface area contributed by atoms with Crippen LogP contribution in [0.3, 0.4) is 0 Å². The molecule has 4 rings (SSSR count). The Labute approximate surface area is 160 Å². The third-order valence-corrected chi connectivity index (χ3v) is 4.91. The lowest BCUT2D eigenvalue weighted by atomic mass is 9.86. The molecular formula is C21H14Cl2N2O. The van der Waals surface area contributed by atoms with Crippen LogP contribution in [0, 0.1) is 0 Å². The van der Waals surface area contributed by atoms with Crippen LogP contribution in [0.4, 0.5) is 0 Å². The quantitative estimate of drug-likeness (QED) is 0.516. The second kappa shape index (κ2) is 6.94. The van der Waals surface area contributed by atoms with E-state index in [1.807, 2.05) is 66.7 Å². The molecule has 0 saturated carbocycles. The molecule has 1 aromatic heterocycles. The van der Waals surface area contributed by atoms with Gasteiger partial charge in [-0.1, -0.05) is 65.7 Å². The highest BCUT2D eigenvalue weighted by Gasteiger charge is 2.21. The summed E-state index contributed by atoms with van der Waals surface area (Å²) in [6, 6.07) is 22.8. The van der Waals surface area contributed by atoms with Gasteiger partial charge in [0.2, 0.25) is 0 Å². The van der Waals surface area contributed by atoms with Crippen molar-refractivity contribution in [3.8, 4) is 0 Å². The van der Waals surface area contributed by atoms with E-state index in [9.17, 15) is 4.79 Å². The number of H-pyrrole nitrogens is 1. The molecular weight excluding hydrogens is 367 g/mol. The summed E-state index contributed by atoms with van der Waals surface area (Å²) in [5.74, 6) is -0.161. The fourth-order valence-electron chi connectivity index (χ4n) is 3.17. The van der Waals surface area contributed by atoms with Gasteiger partial charge in [0.05, 0.1) is 17.0 Å². The van der Waals surface area contributed by atoms with Crippen LogP contribution in [0.1, 0.15) is 22.7 Å². The molecule has 1 N–H and O–H groups in total. The number of fused-ring (bicyclic) bond motifs is 1. The number of aromatic amines is 1. The van der Waals surface area contributed by atoms with Crippen molar-refractivity contribution >= 4 is 34.0 Å². The molecule has 3 nitrogen and oxygen atoms in total. The zero-order chi connectivity index (χ0) is 18.1. The number of nitrogens with one attached hydrogen (secondary N) is 1. The SMILES string of the molecule is O=c1[nH]nc(C(c2ccc(Cl)cc2)c2ccc(Cl)cc2)c2ccccc12. The Morgan fingerprint density at radius 1 is 0.731 bits per heavy atom. The lowest BCUT2D eigenvalue weighted by Crippen LogP contribution is -2.15. The summed E-state index contributed by atoms with van der Waals surface area (Å²) in [5.41, 5.74) is 2.64. The fraction of sp³-hybridized carbons (Fsp3) is 0.0476. The largest absolute Gasteiger partial charge is 0.272 e. The van der Waals surface area contributed by atoms with Gasteiger partial charge in [-0.2, -0.15) is 5.10 Å². The van der Waals surface area contributed by atoms with Gasteiger partial charge in [0.25, 0.3) is 5.56 Å². The van der Waals surface area contributed by atoms with E-state index in [1.54, 1.807) is 6.07 Å². The number of hydrogen-bond acceptors (Lipinski definition) is 2. The minimum Gasteiger partial charge on any atom is -0.267 e. The number of hydrogen-bond donors (Lipinski definition) is 1. The summed E-state index contributed by atoms with van der Waals surface area (Å²) in [6.07, 6.45) is 0. The first-order valence-corrected chi connectivity index (χ1v) is 8.87. The molecule has 5 heteroatoms. The van der Waals surface area contributed by atoms with Crippen molar-refractivity contribution in [3.05, 3.63) is 110 Å². The second-order valence-electron chi connectivity index (χ2n) is 6.02.